The predicted molar refractivity (Wildman–Crippen MR) is 149 cm³/mol. The van der Waals surface area contributed by atoms with E-state index in [-0.39, 0.29) is 5.92 Å². The van der Waals surface area contributed by atoms with Gasteiger partial charge in [-0.3, -0.25) is 0 Å². The van der Waals surface area contributed by atoms with Crippen LogP contribution in [0.1, 0.15) is 38.1 Å². The van der Waals surface area contributed by atoms with Crippen LogP contribution in [0.5, 0.6) is 0 Å². The number of hydrogen-bond donors (Lipinski definition) is 0. The zero-order valence-corrected chi connectivity index (χ0v) is 22.1. The summed E-state index contributed by atoms with van der Waals surface area (Å²) in [6.45, 7) is 6.35. The van der Waals surface area contributed by atoms with E-state index in [2.05, 4.69) is 102 Å². The van der Waals surface area contributed by atoms with E-state index in [0.717, 1.165) is 31.0 Å². The maximum Gasteiger partial charge on any atom is 0.262 e. The van der Waals surface area contributed by atoms with E-state index in [1.54, 1.807) is 0 Å². The lowest BCUT2D eigenvalue weighted by atomic mass is 9.89. The molecule has 174 valence electrons. The van der Waals surface area contributed by atoms with E-state index < -0.39 is 0 Å². The summed E-state index contributed by atoms with van der Waals surface area (Å²) in [6, 6.07) is 17.3. The number of thioether (sulfide) groups is 1. The van der Waals surface area contributed by atoms with Crippen molar-refractivity contribution in [1.82, 2.24) is 0 Å². The summed E-state index contributed by atoms with van der Waals surface area (Å²) in [5.74, 6) is 0.287. The molecule has 0 N–H and O–H groups in total. The first-order chi connectivity index (χ1) is 16.7. The van der Waals surface area contributed by atoms with E-state index >= 15 is 0 Å². The number of nitrogens with zero attached hydrogens (tertiary/aromatic N) is 2. The SMILES string of the molecule is CCN1C(=C/C=C/C2=C(Cl)C(/C=C/c3sc4ccccc4[n+]3CC)CCC2)Sc2ccccc21. The third kappa shape index (κ3) is 4.64. The zero-order chi connectivity index (χ0) is 23.5. The van der Waals surface area contributed by atoms with E-state index in [9.17, 15) is 0 Å². The van der Waals surface area contributed by atoms with Gasteiger partial charge in [0, 0.05) is 34.5 Å². The maximum atomic E-state index is 6.93. The van der Waals surface area contributed by atoms with Crippen LogP contribution in [0.15, 0.2) is 93.4 Å². The second-order valence-electron chi connectivity index (χ2n) is 8.56. The minimum atomic E-state index is 0.287. The molecule has 0 fully saturated rings. The zero-order valence-electron chi connectivity index (χ0n) is 19.7. The summed E-state index contributed by atoms with van der Waals surface area (Å²) < 4.78 is 3.72. The maximum absolute atomic E-state index is 6.93. The van der Waals surface area contributed by atoms with Gasteiger partial charge in [-0.25, -0.2) is 0 Å². The van der Waals surface area contributed by atoms with Gasteiger partial charge in [-0.2, -0.15) is 4.57 Å². The van der Waals surface area contributed by atoms with Crippen LogP contribution in [0.3, 0.4) is 0 Å². The lowest BCUT2D eigenvalue weighted by molar-refractivity contribution is -0.665. The molecule has 2 heterocycles. The van der Waals surface area contributed by atoms with Gasteiger partial charge in [-0.15, -0.1) is 0 Å². The highest BCUT2D eigenvalue weighted by molar-refractivity contribution is 8.03. The number of thiazole rings is 1. The molecule has 2 aliphatic rings. The van der Waals surface area contributed by atoms with Crippen molar-refractivity contribution in [3.05, 3.63) is 93.5 Å². The number of anilines is 1. The molecule has 0 spiro atoms. The molecule has 1 atom stereocenters. The second kappa shape index (κ2) is 10.6. The van der Waals surface area contributed by atoms with E-state index in [1.807, 2.05) is 23.1 Å². The number of benzene rings is 2. The van der Waals surface area contributed by atoms with Crippen molar-refractivity contribution < 1.29 is 4.57 Å². The third-order valence-corrected chi connectivity index (χ3v) is 9.29. The molecule has 1 unspecified atom stereocenters. The van der Waals surface area contributed by atoms with Crippen LogP contribution >= 0.6 is 34.7 Å². The average molecular weight is 506 g/mol. The summed E-state index contributed by atoms with van der Waals surface area (Å²) in [5, 5.41) is 3.56. The van der Waals surface area contributed by atoms with E-state index in [1.165, 1.54) is 42.8 Å². The molecule has 5 rings (SSSR count). The highest BCUT2D eigenvalue weighted by Gasteiger charge is 2.23. The minimum absolute atomic E-state index is 0.287. The topological polar surface area (TPSA) is 7.12 Å². The van der Waals surface area contributed by atoms with Gasteiger partial charge in [-0.05, 0) is 63.0 Å². The van der Waals surface area contributed by atoms with E-state index in [0.29, 0.717) is 0 Å². The Morgan fingerprint density at radius 2 is 1.91 bits per heavy atom. The first-order valence-electron chi connectivity index (χ1n) is 12.1. The fourth-order valence-corrected chi connectivity index (χ4v) is 7.41. The molecule has 2 aromatic carbocycles. The summed E-state index contributed by atoms with van der Waals surface area (Å²) in [5.41, 5.74) is 3.88. The Morgan fingerprint density at radius 1 is 1.09 bits per heavy atom. The first kappa shape index (κ1) is 23.5. The Kier molecular flexibility index (Phi) is 7.29. The summed E-state index contributed by atoms with van der Waals surface area (Å²) in [7, 11) is 0. The molecule has 0 radical (unpaired) electrons. The number of fused-ring (bicyclic) bond motifs is 2. The van der Waals surface area contributed by atoms with Gasteiger partial charge < -0.3 is 4.90 Å². The fraction of sp³-hybridized carbons (Fsp3) is 0.276. The van der Waals surface area contributed by atoms with Gasteiger partial charge in [0.25, 0.3) is 5.01 Å². The number of allylic oxidation sites excluding steroid dienone is 6. The van der Waals surface area contributed by atoms with Crippen LogP contribution in [-0.4, -0.2) is 6.54 Å². The Balaban J connectivity index is 1.34. The highest BCUT2D eigenvalue weighted by Crippen LogP contribution is 2.45. The van der Waals surface area contributed by atoms with Crippen LogP contribution < -0.4 is 9.47 Å². The summed E-state index contributed by atoms with van der Waals surface area (Å²) in [4.78, 5) is 3.70. The molecule has 1 aliphatic heterocycles. The standard InChI is InChI=1S/C29H30ClN2S2/c1-3-31-23-14-5-7-16-25(23)33-27(31)18-10-13-21-11-9-12-22(29(21)30)19-20-28-32(4-2)24-15-6-8-17-26(24)34-28/h5-8,10,13-20,22H,3-4,9,11-12H2,1-2H3/q+1/b13-10+,20-19+,27-18?. The molecule has 0 saturated carbocycles. The van der Waals surface area contributed by atoms with Gasteiger partial charge in [0.15, 0.2) is 0 Å². The molecule has 1 aliphatic carbocycles. The van der Waals surface area contributed by atoms with Crippen LogP contribution in [-0.2, 0) is 6.54 Å². The Morgan fingerprint density at radius 3 is 2.76 bits per heavy atom. The first-order valence-corrected chi connectivity index (χ1v) is 14.1. The molecule has 2 nitrogen and oxygen atoms in total. The number of para-hydroxylation sites is 2. The van der Waals surface area contributed by atoms with Crippen LogP contribution in [0.4, 0.5) is 5.69 Å². The van der Waals surface area contributed by atoms with Gasteiger partial charge >= 0.3 is 0 Å². The van der Waals surface area contributed by atoms with Gasteiger partial charge in [0.05, 0.1) is 10.7 Å². The van der Waals surface area contributed by atoms with Crippen molar-refractivity contribution in [3.8, 4) is 0 Å². The van der Waals surface area contributed by atoms with Crippen molar-refractivity contribution in [2.24, 2.45) is 5.92 Å². The minimum Gasteiger partial charge on any atom is -0.335 e. The van der Waals surface area contributed by atoms with Crippen molar-refractivity contribution in [3.63, 3.8) is 0 Å². The lowest BCUT2D eigenvalue weighted by Gasteiger charge is -2.21. The predicted octanol–water partition coefficient (Wildman–Crippen LogP) is 8.54. The van der Waals surface area contributed by atoms with Crippen LogP contribution in [0.25, 0.3) is 16.3 Å². The molecular weight excluding hydrogens is 476 g/mol. The normalized spacial score (nSPS) is 19.9. The highest BCUT2D eigenvalue weighted by atomic mass is 35.5. The Bertz CT molecular complexity index is 1310. The van der Waals surface area contributed by atoms with Crippen molar-refractivity contribution in [2.45, 2.75) is 44.6 Å². The largest absolute Gasteiger partial charge is 0.335 e. The Labute approximate surface area is 215 Å². The number of aryl methyl sites for hydroxylation is 1. The molecule has 0 bridgehead atoms. The lowest BCUT2D eigenvalue weighted by Crippen LogP contribution is -2.33. The van der Waals surface area contributed by atoms with Crippen LogP contribution in [0.2, 0.25) is 0 Å². The number of rotatable bonds is 6. The second-order valence-corrected chi connectivity index (χ2v) is 11.1. The molecule has 0 amide bonds. The van der Waals surface area contributed by atoms with Gasteiger partial charge in [-0.1, -0.05) is 77.2 Å². The monoisotopic (exact) mass is 505 g/mol. The molecule has 5 heteroatoms. The van der Waals surface area contributed by atoms with Crippen molar-refractivity contribution in [2.75, 3.05) is 11.4 Å². The molecule has 1 aromatic heterocycles. The molecule has 0 saturated heterocycles. The molecule has 34 heavy (non-hydrogen) atoms. The number of aromatic nitrogens is 1. The number of hydrogen-bond acceptors (Lipinski definition) is 3. The van der Waals surface area contributed by atoms with Gasteiger partial charge in [0.1, 0.15) is 11.2 Å². The average Bonchev–Trinajstić information content (AvgIpc) is 3.41. The molecule has 3 aromatic rings. The van der Waals surface area contributed by atoms with E-state index in [4.69, 9.17) is 11.6 Å². The quantitative estimate of drug-likeness (QED) is 0.310. The fourth-order valence-electron chi connectivity index (χ4n) is 4.79. The third-order valence-electron chi connectivity index (χ3n) is 6.51. The summed E-state index contributed by atoms with van der Waals surface area (Å²) >= 11 is 10.6. The summed E-state index contributed by atoms with van der Waals surface area (Å²) in [6.07, 6.45) is 14.5. The molecular formula is C29H30ClN2S2+. The number of halogens is 1. The van der Waals surface area contributed by atoms with Crippen molar-refractivity contribution >= 4 is 56.7 Å². The van der Waals surface area contributed by atoms with Crippen LogP contribution in [0, 0.1) is 5.92 Å². The smallest absolute Gasteiger partial charge is 0.262 e. The van der Waals surface area contributed by atoms with Gasteiger partial charge in [0.2, 0.25) is 5.52 Å². The Hall–Kier alpha value is -2.27. The van der Waals surface area contributed by atoms with Crippen molar-refractivity contribution in [1.29, 1.82) is 0 Å².